The van der Waals surface area contributed by atoms with Crippen LogP contribution in [0.15, 0.2) is 36.5 Å². The molecule has 0 fully saturated rings. The Morgan fingerprint density at radius 2 is 2.04 bits per heavy atom. The maximum absolute atomic E-state index is 4.94. The zero-order valence-electron chi connectivity index (χ0n) is 15.8. The monoisotopic (exact) mass is 393 g/mol. The lowest BCUT2D eigenvalue weighted by Crippen LogP contribution is -2.40. The number of hydrogen-bond donors (Lipinski definition) is 0. The minimum absolute atomic E-state index is 0.110. The molecule has 0 amide bonds. The Labute approximate surface area is 165 Å². The quantitative estimate of drug-likeness (QED) is 0.526. The molecule has 1 atom stereocenters. The van der Waals surface area contributed by atoms with Gasteiger partial charge < -0.3 is 4.90 Å². The summed E-state index contributed by atoms with van der Waals surface area (Å²) in [4.78, 5) is 20.7. The van der Waals surface area contributed by atoms with Crippen LogP contribution in [0.25, 0.3) is 22.5 Å². The normalized spacial score (nSPS) is 15.7. The van der Waals surface area contributed by atoms with Crippen molar-refractivity contribution < 1.29 is 0 Å². The zero-order valence-corrected chi connectivity index (χ0v) is 16.6. The topological polar surface area (TPSA) is 90.4 Å². The zero-order chi connectivity index (χ0) is 19.3. The van der Waals surface area contributed by atoms with Gasteiger partial charge in [0.2, 0.25) is 5.95 Å². The van der Waals surface area contributed by atoms with Gasteiger partial charge in [-0.05, 0) is 20.3 Å². The summed E-state index contributed by atoms with van der Waals surface area (Å²) in [5, 5.41) is 11.2. The molecule has 5 heterocycles. The molecule has 0 radical (unpaired) electrons. The average molecular weight is 393 g/mol. The molecule has 0 bridgehead atoms. The van der Waals surface area contributed by atoms with E-state index >= 15 is 0 Å². The van der Waals surface area contributed by atoms with E-state index in [1.807, 2.05) is 26.9 Å². The van der Waals surface area contributed by atoms with Gasteiger partial charge in [-0.1, -0.05) is 6.92 Å². The number of imidazole rings is 1. The Hall–Kier alpha value is -3.14. The summed E-state index contributed by atoms with van der Waals surface area (Å²) >= 11 is 1.54. The third-order valence-corrected chi connectivity index (χ3v) is 5.64. The highest BCUT2D eigenvalue weighted by molar-refractivity contribution is 7.13. The standard InChI is InChI=1S/C18H19N9S/c1-4-12-15-24-22-10-26(15)13-9-21-18(23-14(13)27(12)11(2)3)25-7-5-19-16(25)17-20-6-8-28-17/h5-12H,4H2,1-3H3/t12-/m1/s1. The first-order valence-electron chi connectivity index (χ1n) is 9.18. The van der Waals surface area contributed by atoms with Crippen molar-refractivity contribution in [3.8, 4) is 22.5 Å². The van der Waals surface area contributed by atoms with Gasteiger partial charge in [0.25, 0.3) is 0 Å². The van der Waals surface area contributed by atoms with E-state index < -0.39 is 0 Å². The summed E-state index contributed by atoms with van der Waals surface area (Å²) in [6.45, 7) is 6.49. The van der Waals surface area contributed by atoms with Crippen LogP contribution in [0.3, 0.4) is 0 Å². The van der Waals surface area contributed by atoms with Crippen molar-refractivity contribution in [2.24, 2.45) is 0 Å². The summed E-state index contributed by atoms with van der Waals surface area (Å²) in [6, 6.07) is 0.358. The van der Waals surface area contributed by atoms with Crippen molar-refractivity contribution in [1.82, 2.24) is 39.3 Å². The number of thiazole rings is 1. The van der Waals surface area contributed by atoms with E-state index in [1.54, 1.807) is 18.7 Å². The minimum atomic E-state index is 0.110. The molecular weight excluding hydrogens is 374 g/mol. The Morgan fingerprint density at radius 3 is 2.79 bits per heavy atom. The summed E-state index contributed by atoms with van der Waals surface area (Å²) in [6.07, 6.45) is 9.85. The van der Waals surface area contributed by atoms with Crippen LogP contribution in [-0.4, -0.2) is 45.3 Å². The van der Waals surface area contributed by atoms with E-state index in [4.69, 9.17) is 4.98 Å². The van der Waals surface area contributed by atoms with Crippen molar-refractivity contribution >= 4 is 17.2 Å². The SMILES string of the molecule is CC[C@@H]1c2nncn2-c2cnc(-n3ccnc3-c3nccs3)nc2N1C(C)C. The van der Waals surface area contributed by atoms with Crippen LogP contribution in [-0.2, 0) is 0 Å². The molecule has 0 aromatic carbocycles. The fourth-order valence-corrected chi connectivity index (χ4v) is 4.33. The lowest BCUT2D eigenvalue weighted by molar-refractivity contribution is 0.497. The molecule has 0 unspecified atom stereocenters. The van der Waals surface area contributed by atoms with Gasteiger partial charge in [-0.3, -0.25) is 9.13 Å². The predicted octanol–water partition coefficient (Wildman–Crippen LogP) is 3.05. The second kappa shape index (κ2) is 6.48. The highest BCUT2D eigenvalue weighted by atomic mass is 32.1. The minimum Gasteiger partial charge on any atom is -0.342 e. The van der Waals surface area contributed by atoms with E-state index in [9.17, 15) is 0 Å². The third kappa shape index (κ3) is 2.44. The third-order valence-electron chi connectivity index (χ3n) is 4.87. The van der Waals surface area contributed by atoms with E-state index in [-0.39, 0.29) is 12.1 Å². The smallest absolute Gasteiger partial charge is 0.237 e. The number of hydrogen-bond acceptors (Lipinski definition) is 8. The molecule has 4 aromatic rings. The van der Waals surface area contributed by atoms with Gasteiger partial charge in [0.1, 0.15) is 12.0 Å². The second-order valence-corrected chi connectivity index (χ2v) is 7.72. The van der Waals surface area contributed by atoms with E-state index in [1.165, 1.54) is 11.3 Å². The predicted molar refractivity (Wildman–Crippen MR) is 106 cm³/mol. The van der Waals surface area contributed by atoms with Gasteiger partial charge in [-0.15, -0.1) is 21.5 Å². The van der Waals surface area contributed by atoms with E-state index in [2.05, 4.69) is 50.8 Å². The molecule has 1 aliphatic heterocycles. The Morgan fingerprint density at radius 1 is 1.14 bits per heavy atom. The van der Waals surface area contributed by atoms with Crippen LogP contribution in [0.2, 0.25) is 0 Å². The van der Waals surface area contributed by atoms with Crippen molar-refractivity contribution in [3.05, 3.63) is 42.3 Å². The fourth-order valence-electron chi connectivity index (χ4n) is 3.70. The lowest BCUT2D eigenvalue weighted by atomic mass is 10.1. The van der Waals surface area contributed by atoms with Crippen LogP contribution < -0.4 is 4.90 Å². The summed E-state index contributed by atoms with van der Waals surface area (Å²) < 4.78 is 3.86. The Bertz CT molecular complexity index is 1110. The molecule has 0 saturated heterocycles. The molecule has 5 rings (SSSR count). The number of anilines is 1. The van der Waals surface area contributed by atoms with Crippen LogP contribution in [0, 0.1) is 0 Å². The number of nitrogens with zero attached hydrogens (tertiary/aromatic N) is 9. The van der Waals surface area contributed by atoms with Crippen molar-refractivity contribution in [3.63, 3.8) is 0 Å². The van der Waals surface area contributed by atoms with Crippen molar-refractivity contribution in [1.29, 1.82) is 0 Å². The van der Waals surface area contributed by atoms with Crippen LogP contribution in [0.1, 0.15) is 39.1 Å². The van der Waals surface area contributed by atoms with Crippen LogP contribution >= 0.6 is 11.3 Å². The first-order chi connectivity index (χ1) is 13.7. The van der Waals surface area contributed by atoms with Gasteiger partial charge in [-0.25, -0.2) is 15.0 Å². The fraction of sp³-hybridized carbons (Fsp3) is 0.333. The molecule has 28 heavy (non-hydrogen) atoms. The van der Waals surface area contributed by atoms with Crippen LogP contribution in [0.4, 0.5) is 5.82 Å². The van der Waals surface area contributed by atoms with Gasteiger partial charge in [-0.2, -0.15) is 4.98 Å². The number of fused-ring (bicyclic) bond motifs is 3. The van der Waals surface area contributed by atoms with Gasteiger partial charge >= 0.3 is 0 Å². The highest BCUT2D eigenvalue weighted by Gasteiger charge is 2.35. The average Bonchev–Trinajstić information content (AvgIpc) is 3.46. The maximum Gasteiger partial charge on any atom is 0.237 e. The first-order valence-corrected chi connectivity index (χ1v) is 10.1. The molecule has 0 spiro atoms. The summed E-state index contributed by atoms with van der Waals surface area (Å²) in [5.74, 6) is 3.10. The molecule has 0 aliphatic carbocycles. The van der Waals surface area contributed by atoms with Gasteiger partial charge in [0.15, 0.2) is 22.5 Å². The summed E-state index contributed by atoms with van der Waals surface area (Å²) in [5.41, 5.74) is 0.887. The molecule has 10 heteroatoms. The van der Waals surface area contributed by atoms with Crippen LogP contribution in [0.5, 0.6) is 0 Å². The molecule has 142 valence electrons. The largest absolute Gasteiger partial charge is 0.342 e. The summed E-state index contributed by atoms with van der Waals surface area (Å²) in [7, 11) is 0. The number of aromatic nitrogens is 8. The van der Waals surface area contributed by atoms with E-state index in [0.29, 0.717) is 5.95 Å². The maximum atomic E-state index is 4.94. The van der Waals surface area contributed by atoms with Crippen molar-refractivity contribution in [2.75, 3.05) is 4.90 Å². The Kier molecular flexibility index (Phi) is 3.93. The molecule has 0 saturated carbocycles. The lowest BCUT2D eigenvalue weighted by Gasteiger charge is -2.39. The molecule has 4 aromatic heterocycles. The first kappa shape index (κ1) is 17.0. The molecular formula is C18H19N9S. The number of rotatable bonds is 4. The second-order valence-electron chi connectivity index (χ2n) is 6.82. The van der Waals surface area contributed by atoms with Gasteiger partial charge in [0.05, 0.1) is 12.2 Å². The van der Waals surface area contributed by atoms with Gasteiger partial charge in [0, 0.05) is 30.0 Å². The van der Waals surface area contributed by atoms with Crippen molar-refractivity contribution in [2.45, 2.75) is 39.3 Å². The molecule has 1 aliphatic rings. The Balaban J connectivity index is 1.69. The highest BCUT2D eigenvalue weighted by Crippen LogP contribution is 2.39. The van der Waals surface area contributed by atoms with E-state index in [0.717, 1.165) is 34.6 Å². The molecule has 9 nitrogen and oxygen atoms in total. The molecule has 0 N–H and O–H groups in total.